The Labute approximate surface area is 156 Å². The molecule has 2 aliphatic rings. The van der Waals surface area contributed by atoms with E-state index in [0.29, 0.717) is 6.42 Å². The van der Waals surface area contributed by atoms with Crippen molar-refractivity contribution in [3.05, 3.63) is 59.2 Å². The van der Waals surface area contributed by atoms with E-state index in [1.807, 2.05) is 0 Å². The van der Waals surface area contributed by atoms with Gasteiger partial charge in [-0.25, -0.2) is 0 Å². The van der Waals surface area contributed by atoms with Gasteiger partial charge in [0.05, 0.1) is 6.42 Å². The fourth-order valence-corrected chi connectivity index (χ4v) is 4.13. The number of carbonyl (C=O) groups excluding carboxylic acids is 1. The molecule has 0 radical (unpaired) electrons. The standard InChI is InChI=1S/C23H28N2O/c1-24-23(26)15-17-5-7-18(8-6-17)20-10-9-19-11-13-25(22-3-2-4-22)14-12-21(19)16-20/h5-10,16,22H,2-4,11-15H2,1H3,(H,24,26). The molecule has 1 N–H and O–H groups in total. The third-order valence-corrected chi connectivity index (χ3v) is 6.06. The second kappa shape index (κ2) is 7.63. The Hall–Kier alpha value is -2.13. The highest BCUT2D eigenvalue weighted by atomic mass is 16.1. The summed E-state index contributed by atoms with van der Waals surface area (Å²) in [4.78, 5) is 14.2. The number of nitrogens with one attached hydrogen (secondary N) is 1. The third-order valence-electron chi connectivity index (χ3n) is 6.06. The smallest absolute Gasteiger partial charge is 0.224 e. The molecule has 1 heterocycles. The minimum Gasteiger partial charge on any atom is -0.359 e. The number of hydrogen-bond donors (Lipinski definition) is 1. The quantitative estimate of drug-likeness (QED) is 0.916. The fraction of sp³-hybridized carbons (Fsp3) is 0.435. The van der Waals surface area contributed by atoms with Crippen LogP contribution >= 0.6 is 0 Å². The van der Waals surface area contributed by atoms with Crippen LogP contribution in [-0.4, -0.2) is 37.0 Å². The highest BCUT2D eigenvalue weighted by Gasteiger charge is 2.26. The SMILES string of the molecule is CNC(=O)Cc1ccc(-c2ccc3c(c2)CCN(C2CCC2)CC3)cc1. The van der Waals surface area contributed by atoms with E-state index in [9.17, 15) is 4.79 Å². The van der Waals surface area contributed by atoms with Crippen molar-refractivity contribution in [3.8, 4) is 11.1 Å². The summed E-state index contributed by atoms with van der Waals surface area (Å²) in [7, 11) is 1.68. The van der Waals surface area contributed by atoms with Crippen molar-refractivity contribution in [2.24, 2.45) is 0 Å². The van der Waals surface area contributed by atoms with Crippen LogP contribution in [0, 0.1) is 0 Å². The molecule has 1 amide bonds. The number of benzene rings is 2. The van der Waals surface area contributed by atoms with E-state index in [0.717, 1.165) is 18.0 Å². The predicted molar refractivity (Wildman–Crippen MR) is 106 cm³/mol. The summed E-state index contributed by atoms with van der Waals surface area (Å²) in [6, 6.07) is 16.2. The summed E-state index contributed by atoms with van der Waals surface area (Å²) in [5.74, 6) is 0.0544. The van der Waals surface area contributed by atoms with Crippen LogP contribution in [0.4, 0.5) is 0 Å². The molecule has 0 spiro atoms. The lowest BCUT2D eigenvalue weighted by atomic mass is 9.91. The van der Waals surface area contributed by atoms with Crippen LogP contribution in [0.25, 0.3) is 11.1 Å². The molecule has 136 valence electrons. The minimum atomic E-state index is 0.0544. The van der Waals surface area contributed by atoms with Crippen molar-refractivity contribution in [2.45, 2.75) is 44.6 Å². The number of carbonyl (C=O) groups is 1. The number of hydrogen-bond acceptors (Lipinski definition) is 2. The van der Waals surface area contributed by atoms with Gasteiger partial charge in [-0.15, -0.1) is 0 Å². The van der Waals surface area contributed by atoms with Crippen LogP contribution in [0.1, 0.15) is 36.0 Å². The fourth-order valence-electron chi connectivity index (χ4n) is 4.13. The van der Waals surface area contributed by atoms with E-state index < -0.39 is 0 Å². The normalized spacial score (nSPS) is 17.9. The van der Waals surface area contributed by atoms with Crippen molar-refractivity contribution in [1.29, 1.82) is 0 Å². The average Bonchev–Trinajstić information content (AvgIpc) is 2.83. The van der Waals surface area contributed by atoms with E-state index in [1.165, 1.54) is 61.0 Å². The zero-order valence-corrected chi connectivity index (χ0v) is 15.6. The maximum atomic E-state index is 11.5. The van der Waals surface area contributed by atoms with Gasteiger partial charge < -0.3 is 5.32 Å². The van der Waals surface area contributed by atoms with Crippen LogP contribution in [0.5, 0.6) is 0 Å². The molecule has 3 nitrogen and oxygen atoms in total. The van der Waals surface area contributed by atoms with Crippen molar-refractivity contribution in [2.75, 3.05) is 20.1 Å². The van der Waals surface area contributed by atoms with E-state index in [2.05, 4.69) is 52.7 Å². The van der Waals surface area contributed by atoms with Crippen LogP contribution in [0.3, 0.4) is 0 Å². The molecular weight excluding hydrogens is 320 g/mol. The number of amides is 1. The first-order valence-electron chi connectivity index (χ1n) is 9.88. The lowest BCUT2D eigenvalue weighted by molar-refractivity contribution is -0.119. The molecule has 0 aromatic heterocycles. The topological polar surface area (TPSA) is 32.3 Å². The molecule has 4 rings (SSSR count). The second-order valence-electron chi connectivity index (χ2n) is 7.65. The third kappa shape index (κ3) is 3.68. The Morgan fingerprint density at radius 3 is 2.35 bits per heavy atom. The maximum Gasteiger partial charge on any atom is 0.224 e. The Balaban J connectivity index is 1.49. The highest BCUT2D eigenvalue weighted by Crippen LogP contribution is 2.29. The maximum absolute atomic E-state index is 11.5. The van der Waals surface area contributed by atoms with E-state index in [-0.39, 0.29) is 5.91 Å². The Morgan fingerprint density at radius 1 is 1.00 bits per heavy atom. The van der Waals surface area contributed by atoms with Crippen molar-refractivity contribution < 1.29 is 4.79 Å². The number of nitrogens with zero attached hydrogens (tertiary/aromatic N) is 1. The van der Waals surface area contributed by atoms with Crippen LogP contribution < -0.4 is 5.32 Å². The van der Waals surface area contributed by atoms with E-state index >= 15 is 0 Å². The Morgan fingerprint density at radius 2 is 1.69 bits per heavy atom. The Kier molecular flexibility index (Phi) is 5.07. The summed E-state index contributed by atoms with van der Waals surface area (Å²) in [5, 5.41) is 2.68. The van der Waals surface area contributed by atoms with Gasteiger partial charge in [0, 0.05) is 26.2 Å². The van der Waals surface area contributed by atoms with Gasteiger partial charge in [0.1, 0.15) is 0 Å². The first-order chi connectivity index (χ1) is 12.7. The second-order valence-corrected chi connectivity index (χ2v) is 7.65. The van der Waals surface area contributed by atoms with Crippen LogP contribution in [-0.2, 0) is 24.1 Å². The summed E-state index contributed by atoms with van der Waals surface area (Å²) in [6.07, 6.45) is 6.98. The van der Waals surface area contributed by atoms with Crippen molar-refractivity contribution in [1.82, 2.24) is 10.2 Å². The molecular formula is C23H28N2O. The molecule has 3 heteroatoms. The zero-order valence-electron chi connectivity index (χ0n) is 15.6. The van der Waals surface area contributed by atoms with Gasteiger partial charge in [-0.1, -0.05) is 48.9 Å². The van der Waals surface area contributed by atoms with Gasteiger partial charge in [0.25, 0.3) is 0 Å². The highest BCUT2D eigenvalue weighted by molar-refractivity contribution is 5.78. The number of fused-ring (bicyclic) bond motifs is 1. The average molecular weight is 348 g/mol. The molecule has 1 aliphatic carbocycles. The summed E-state index contributed by atoms with van der Waals surface area (Å²) in [6.45, 7) is 2.41. The lowest BCUT2D eigenvalue weighted by Crippen LogP contribution is -2.41. The van der Waals surface area contributed by atoms with Gasteiger partial charge in [-0.2, -0.15) is 0 Å². The molecule has 0 unspecified atom stereocenters. The monoisotopic (exact) mass is 348 g/mol. The lowest BCUT2D eigenvalue weighted by Gasteiger charge is -2.36. The first kappa shape index (κ1) is 17.3. The van der Waals surface area contributed by atoms with E-state index in [4.69, 9.17) is 0 Å². The van der Waals surface area contributed by atoms with Crippen molar-refractivity contribution in [3.63, 3.8) is 0 Å². The molecule has 1 aliphatic heterocycles. The minimum absolute atomic E-state index is 0.0544. The number of likely N-dealkylation sites (N-methyl/N-ethyl adjacent to an activating group) is 1. The molecule has 2 aromatic carbocycles. The molecule has 0 bridgehead atoms. The van der Waals surface area contributed by atoms with Gasteiger partial charge in [0.2, 0.25) is 5.91 Å². The van der Waals surface area contributed by atoms with Gasteiger partial charge >= 0.3 is 0 Å². The molecule has 1 fully saturated rings. The molecule has 1 saturated carbocycles. The predicted octanol–water partition coefficient (Wildman–Crippen LogP) is 3.60. The summed E-state index contributed by atoms with van der Waals surface area (Å²) < 4.78 is 0. The number of rotatable bonds is 4. The van der Waals surface area contributed by atoms with Crippen molar-refractivity contribution >= 4 is 5.91 Å². The first-order valence-corrected chi connectivity index (χ1v) is 9.88. The van der Waals surface area contributed by atoms with Gasteiger partial charge in [-0.3, -0.25) is 9.69 Å². The van der Waals surface area contributed by atoms with Gasteiger partial charge in [-0.05, 0) is 53.5 Å². The van der Waals surface area contributed by atoms with Crippen LogP contribution in [0.15, 0.2) is 42.5 Å². The largest absolute Gasteiger partial charge is 0.359 e. The zero-order chi connectivity index (χ0) is 17.9. The summed E-state index contributed by atoms with van der Waals surface area (Å²) in [5.41, 5.74) is 6.60. The van der Waals surface area contributed by atoms with E-state index in [1.54, 1.807) is 7.05 Å². The molecule has 0 saturated heterocycles. The van der Waals surface area contributed by atoms with Crippen LogP contribution in [0.2, 0.25) is 0 Å². The summed E-state index contributed by atoms with van der Waals surface area (Å²) >= 11 is 0. The van der Waals surface area contributed by atoms with Gasteiger partial charge in [0.15, 0.2) is 0 Å². The molecule has 2 aromatic rings. The molecule has 0 atom stereocenters. The Bertz CT molecular complexity index is 777. The molecule has 26 heavy (non-hydrogen) atoms.